The van der Waals surface area contributed by atoms with Gasteiger partial charge in [0.2, 0.25) is 0 Å². The van der Waals surface area contributed by atoms with Crippen molar-refractivity contribution in [1.82, 2.24) is 5.32 Å². The fourth-order valence-electron chi connectivity index (χ4n) is 2.86. The number of carboxylic acids is 1. The van der Waals surface area contributed by atoms with Crippen molar-refractivity contribution in [3.05, 3.63) is 83.4 Å². The summed E-state index contributed by atoms with van der Waals surface area (Å²) in [6.07, 6.45) is 0.0561. The quantitative estimate of drug-likeness (QED) is 0.351. The summed E-state index contributed by atoms with van der Waals surface area (Å²) in [5.41, 5.74) is 7.91. The lowest BCUT2D eigenvalue weighted by Gasteiger charge is -2.16. The maximum absolute atomic E-state index is 12.6. The van der Waals surface area contributed by atoms with Gasteiger partial charge in [-0.25, -0.2) is 4.79 Å². The summed E-state index contributed by atoms with van der Waals surface area (Å²) in [6.45, 7) is 0.175. The zero-order valence-corrected chi connectivity index (χ0v) is 16.5. The maximum atomic E-state index is 12.6. The van der Waals surface area contributed by atoms with Crippen molar-refractivity contribution in [2.75, 3.05) is 5.73 Å². The molecule has 160 valence electrons. The predicted molar refractivity (Wildman–Crippen MR) is 114 cm³/mol. The van der Waals surface area contributed by atoms with E-state index >= 15 is 0 Å². The molecule has 31 heavy (non-hydrogen) atoms. The maximum Gasteiger partial charge on any atom is 0.326 e. The number of hydrogen-bond donors (Lipinski definition) is 5. The Bertz CT molecular complexity index is 1060. The summed E-state index contributed by atoms with van der Waals surface area (Å²) in [7, 11) is 0. The normalized spacial score (nSPS) is 11.5. The Balaban J connectivity index is 1.69. The second kappa shape index (κ2) is 9.53. The van der Waals surface area contributed by atoms with E-state index in [1.165, 1.54) is 42.5 Å². The molecule has 3 aromatic carbocycles. The van der Waals surface area contributed by atoms with Crippen LogP contribution < -0.4 is 15.8 Å². The Kier molecular flexibility index (Phi) is 6.61. The number of benzene rings is 3. The van der Waals surface area contributed by atoms with Crippen LogP contribution in [-0.2, 0) is 17.8 Å². The predicted octanol–water partition coefficient (Wildman–Crippen LogP) is 2.68. The number of nitrogens with two attached hydrogens (primary N) is 1. The molecule has 3 aromatic rings. The van der Waals surface area contributed by atoms with Crippen LogP contribution in [0.2, 0.25) is 0 Å². The number of carbonyl (C=O) groups excluding carboxylic acids is 1. The number of nitrogen functional groups attached to an aromatic ring is 1. The van der Waals surface area contributed by atoms with Crippen LogP contribution in [0.4, 0.5) is 5.69 Å². The van der Waals surface area contributed by atoms with Gasteiger partial charge in [0.1, 0.15) is 29.9 Å². The molecule has 0 spiro atoms. The van der Waals surface area contributed by atoms with Gasteiger partial charge in [-0.05, 0) is 53.6 Å². The van der Waals surface area contributed by atoms with Crippen molar-refractivity contribution in [2.24, 2.45) is 0 Å². The average Bonchev–Trinajstić information content (AvgIpc) is 2.75. The van der Waals surface area contributed by atoms with Gasteiger partial charge in [0.25, 0.3) is 5.91 Å². The molecule has 0 radical (unpaired) electrons. The molecular formula is C23H22N2O6. The van der Waals surface area contributed by atoms with E-state index in [1.807, 2.05) is 0 Å². The molecule has 8 heteroatoms. The fourth-order valence-corrected chi connectivity index (χ4v) is 2.86. The molecule has 0 aliphatic heterocycles. The molecular weight excluding hydrogens is 400 g/mol. The monoisotopic (exact) mass is 422 g/mol. The third kappa shape index (κ3) is 5.89. The van der Waals surface area contributed by atoms with E-state index in [2.05, 4.69) is 5.32 Å². The van der Waals surface area contributed by atoms with Gasteiger partial charge < -0.3 is 31.1 Å². The average molecular weight is 422 g/mol. The summed E-state index contributed by atoms with van der Waals surface area (Å²) in [5.74, 6) is -1.27. The summed E-state index contributed by atoms with van der Waals surface area (Å²) < 4.78 is 5.69. The van der Waals surface area contributed by atoms with Crippen molar-refractivity contribution in [1.29, 1.82) is 0 Å². The molecule has 6 N–H and O–H groups in total. The largest absolute Gasteiger partial charge is 0.508 e. The Morgan fingerprint density at radius 2 is 1.48 bits per heavy atom. The Morgan fingerprint density at radius 3 is 2.06 bits per heavy atom. The third-order valence-electron chi connectivity index (χ3n) is 4.59. The molecule has 0 heterocycles. The second-order valence-corrected chi connectivity index (χ2v) is 6.94. The SMILES string of the molecule is Nc1ccc(C(=O)N[C@@H](Cc2ccc(O)cc2)C(=O)O)cc1OCc1ccc(O)cc1. The van der Waals surface area contributed by atoms with Crippen LogP contribution in [0.25, 0.3) is 0 Å². The first kappa shape index (κ1) is 21.5. The summed E-state index contributed by atoms with van der Waals surface area (Å²) in [5, 5.41) is 30.7. The minimum absolute atomic E-state index is 0.0561. The molecule has 0 unspecified atom stereocenters. The number of rotatable bonds is 8. The van der Waals surface area contributed by atoms with E-state index < -0.39 is 17.9 Å². The number of hydrogen-bond acceptors (Lipinski definition) is 6. The molecule has 0 fully saturated rings. The van der Waals surface area contributed by atoms with E-state index in [-0.39, 0.29) is 35.8 Å². The van der Waals surface area contributed by atoms with Crippen LogP contribution in [0, 0.1) is 0 Å². The van der Waals surface area contributed by atoms with Gasteiger partial charge in [0.05, 0.1) is 5.69 Å². The van der Waals surface area contributed by atoms with E-state index in [0.29, 0.717) is 11.3 Å². The molecule has 0 saturated heterocycles. The smallest absolute Gasteiger partial charge is 0.326 e. The highest BCUT2D eigenvalue weighted by Crippen LogP contribution is 2.24. The Morgan fingerprint density at radius 1 is 0.903 bits per heavy atom. The lowest BCUT2D eigenvalue weighted by molar-refractivity contribution is -0.139. The standard InChI is InChI=1S/C23H22N2O6/c24-19-10-5-16(12-21(19)31-13-15-3-8-18(27)9-4-15)22(28)25-20(23(29)30)11-14-1-6-17(26)7-2-14/h1-10,12,20,26-27H,11,13,24H2,(H,25,28)(H,29,30)/t20-/m0/s1. The number of anilines is 1. The van der Waals surface area contributed by atoms with Gasteiger partial charge >= 0.3 is 5.97 Å². The van der Waals surface area contributed by atoms with E-state index in [0.717, 1.165) is 5.56 Å². The lowest BCUT2D eigenvalue weighted by atomic mass is 10.0. The lowest BCUT2D eigenvalue weighted by Crippen LogP contribution is -2.42. The molecule has 0 saturated carbocycles. The molecule has 0 bridgehead atoms. The van der Waals surface area contributed by atoms with Crippen LogP contribution in [0.15, 0.2) is 66.7 Å². The topological polar surface area (TPSA) is 142 Å². The number of aliphatic carboxylic acids is 1. The highest BCUT2D eigenvalue weighted by atomic mass is 16.5. The van der Waals surface area contributed by atoms with Crippen LogP contribution in [0.3, 0.4) is 0 Å². The number of amides is 1. The van der Waals surface area contributed by atoms with Gasteiger partial charge in [-0.3, -0.25) is 4.79 Å². The first-order valence-electron chi connectivity index (χ1n) is 9.43. The molecule has 8 nitrogen and oxygen atoms in total. The summed E-state index contributed by atoms with van der Waals surface area (Å²) in [4.78, 5) is 24.3. The minimum atomic E-state index is -1.18. The molecule has 1 atom stereocenters. The summed E-state index contributed by atoms with van der Waals surface area (Å²) in [6, 6.07) is 15.8. The van der Waals surface area contributed by atoms with Gasteiger partial charge in [-0.2, -0.15) is 0 Å². The summed E-state index contributed by atoms with van der Waals surface area (Å²) >= 11 is 0. The molecule has 0 aromatic heterocycles. The number of nitrogens with one attached hydrogen (secondary N) is 1. The Labute approximate surface area is 178 Å². The highest BCUT2D eigenvalue weighted by Gasteiger charge is 2.22. The number of ether oxygens (including phenoxy) is 1. The van der Waals surface area contributed by atoms with Crippen LogP contribution >= 0.6 is 0 Å². The van der Waals surface area contributed by atoms with E-state index in [1.54, 1.807) is 24.3 Å². The Hall–Kier alpha value is -4.20. The van der Waals surface area contributed by atoms with E-state index in [4.69, 9.17) is 10.5 Å². The molecule has 1 amide bonds. The van der Waals surface area contributed by atoms with Gasteiger partial charge in [0.15, 0.2) is 0 Å². The molecule has 3 rings (SSSR count). The highest BCUT2D eigenvalue weighted by molar-refractivity contribution is 5.97. The van der Waals surface area contributed by atoms with Crippen molar-refractivity contribution in [3.63, 3.8) is 0 Å². The number of aromatic hydroxyl groups is 2. The zero-order chi connectivity index (χ0) is 22.4. The fraction of sp³-hybridized carbons (Fsp3) is 0.130. The van der Waals surface area contributed by atoms with E-state index in [9.17, 15) is 24.9 Å². The van der Waals surface area contributed by atoms with Gasteiger partial charge in [-0.1, -0.05) is 24.3 Å². The minimum Gasteiger partial charge on any atom is -0.508 e. The number of carbonyl (C=O) groups is 2. The number of phenols is 2. The first-order chi connectivity index (χ1) is 14.8. The zero-order valence-electron chi connectivity index (χ0n) is 16.5. The molecule has 0 aliphatic carbocycles. The van der Waals surface area contributed by atoms with Crippen molar-refractivity contribution >= 4 is 17.6 Å². The number of carboxylic acid groups (broad SMARTS) is 1. The van der Waals surface area contributed by atoms with Crippen molar-refractivity contribution in [3.8, 4) is 17.2 Å². The third-order valence-corrected chi connectivity index (χ3v) is 4.59. The van der Waals surface area contributed by atoms with Crippen LogP contribution in [0.1, 0.15) is 21.5 Å². The molecule has 0 aliphatic rings. The number of phenolic OH excluding ortho intramolecular Hbond substituents is 2. The first-order valence-corrected chi connectivity index (χ1v) is 9.43. The van der Waals surface area contributed by atoms with Crippen molar-refractivity contribution < 1.29 is 29.6 Å². The van der Waals surface area contributed by atoms with Crippen LogP contribution in [-0.4, -0.2) is 33.2 Å². The van der Waals surface area contributed by atoms with Crippen LogP contribution in [0.5, 0.6) is 17.2 Å². The van der Waals surface area contributed by atoms with Gasteiger partial charge in [-0.15, -0.1) is 0 Å². The second-order valence-electron chi connectivity index (χ2n) is 6.94. The van der Waals surface area contributed by atoms with Gasteiger partial charge in [0, 0.05) is 12.0 Å². The van der Waals surface area contributed by atoms with Crippen molar-refractivity contribution in [2.45, 2.75) is 19.1 Å².